The van der Waals surface area contributed by atoms with E-state index in [0.717, 1.165) is 27.6 Å². The Bertz CT molecular complexity index is 1350. The number of hydrogen-bond donors (Lipinski definition) is 1. The number of halogens is 2. The van der Waals surface area contributed by atoms with Crippen molar-refractivity contribution < 1.29 is 18.1 Å². The number of anilines is 1. The number of nitro benzene ring substituents is 1. The van der Waals surface area contributed by atoms with Gasteiger partial charge in [0.25, 0.3) is 15.7 Å². The van der Waals surface area contributed by atoms with Gasteiger partial charge < -0.3 is 5.32 Å². The summed E-state index contributed by atoms with van der Waals surface area (Å²) in [6.07, 6.45) is 0. The SMILES string of the molecule is Cc1ccc(N(CC(=O)NCc2ccc(Cl)cc2)S(=O)(=O)c2ccc(Cl)c([N+](=O)[O-])c2)c(C)c1. The molecule has 1 N–H and O–H groups in total. The molecule has 0 aromatic heterocycles. The Labute approximate surface area is 207 Å². The summed E-state index contributed by atoms with van der Waals surface area (Å²) in [6, 6.07) is 15.2. The molecule has 0 heterocycles. The van der Waals surface area contributed by atoms with E-state index in [9.17, 15) is 23.3 Å². The van der Waals surface area contributed by atoms with Crippen LogP contribution in [0.3, 0.4) is 0 Å². The molecule has 3 aromatic carbocycles. The molecule has 1 amide bonds. The molecule has 0 saturated carbocycles. The van der Waals surface area contributed by atoms with Crippen molar-refractivity contribution in [1.29, 1.82) is 0 Å². The highest BCUT2D eigenvalue weighted by Gasteiger charge is 2.30. The van der Waals surface area contributed by atoms with Crippen molar-refractivity contribution in [3.8, 4) is 0 Å². The Morgan fingerprint density at radius 1 is 1.03 bits per heavy atom. The van der Waals surface area contributed by atoms with Crippen LogP contribution in [-0.4, -0.2) is 25.8 Å². The fourth-order valence-electron chi connectivity index (χ4n) is 3.29. The monoisotopic (exact) mass is 521 g/mol. The topological polar surface area (TPSA) is 110 Å². The molecule has 3 rings (SSSR count). The fraction of sp³-hybridized carbons (Fsp3) is 0.174. The minimum atomic E-state index is -4.35. The number of carbonyl (C=O) groups is 1. The van der Waals surface area contributed by atoms with Crippen LogP contribution in [0.25, 0.3) is 0 Å². The maximum Gasteiger partial charge on any atom is 0.289 e. The average molecular weight is 522 g/mol. The molecule has 0 atom stereocenters. The molecule has 0 unspecified atom stereocenters. The molecular formula is C23H21Cl2N3O5S. The fourth-order valence-corrected chi connectivity index (χ4v) is 5.11. The first-order valence-electron chi connectivity index (χ1n) is 10.0. The maximum absolute atomic E-state index is 13.6. The lowest BCUT2D eigenvalue weighted by Gasteiger charge is -2.26. The van der Waals surface area contributed by atoms with Crippen LogP contribution in [0.1, 0.15) is 16.7 Å². The van der Waals surface area contributed by atoms with E-state index >= 15 is 0 Å². The molecule has 11 heteroatoms. The zero-order valence-corrected chi connectivity index (χ0v) is 20.6. The van der Waals surface area contributed by atoms with Gasteiger partial charge >= 0.3 is 0 Å². The van der Waals surface area contributed by atoms with Gasteiger partial charge in [-0.1, -0.05) is 53.0 Å². The molecule has 0 fully saturated rings. The van der Waals surface area contributed by atoms with Gasteiger partial charge in [0.1, 0.15) is 11.6 Å². The van der Waals surface area contributed by atoms with Crippen LogP contribution >= 0.6 is 23.2 Å². The zero-order chi connectivity index (χ0) is 25.0. The van der Waals surface area contributed by atoms with E-state index in [2.05, 4.69) is 5.32 Å². The van der Waals surface area contributed by atoms with Crippen LogP contribution in [0, 0.1) is 24.0 Å². The number of sulfonamides is 1. The number of rotatable bonds is 8. The summed E-state index contributed by atoms with van der Waals surface area (Å²) in [7, 11) is -4.35. The van der Waals surface area contributed by atoms with Gasteiger partial charge in [0.05, 0.1) is 15.5 Å². The van der Waals surface area contributed by atoms with E-state index in [1.165, 1.54) is 6.07 Å². The average Bonchev–Trinajstić information content (AvgIpc) is 2.77. The Kier molecular flexibility index (Phi) is 7.81. The lowest BCUT2D eigenvalue weighted by Crippen LogP contribution is -2.41. The number of carbonyl (C=O) groups excluding carboxylic acids is 1. The number of hydrogen-bond acceptors (Lipinski definition) is 5. The molecule has 178 valence electrons. The highest BCUT2D eigenvalue weighted by molar-refractivity contribution is 7.92. The first-order chi connectivity index (χ1) is 16.0. The molecule has 0 radical (unpaired) electrons. The van der Waals surface area contributed by atoms with Gasteiger partial charge in [0, 0.05) is 17.6 Å². The number of nitro groups is 1. The van der Waals surface area contributed by atoms with Crippen molar-refractivity contribution >= 4 is 50.5 Å². The van der Waals surface area contributed by atoms with Gasteiger partial charge in [-0.2, -0.15) is 0 Å². The van der Waals surface area contributed by atoms with Gasteiger partial charge in [-0.05, 0) is 55.3 Å². The first kappa shape index (κ1) is 25.5. The smallest absolute Gasteiger partial charge is 0.289 e. The van der Waals surface area contributed by atoms with E-state index in [-0.39, 0.29) is 22.2 Å². The van der Waals surface area contributed by atoms with Crippen molar-refractivity contribution in [3.63, 3.8) is 0 Å². The van der Waals surface area contributed by atoms with Crippen molar-refractivity contribution in [2.75, 3.05) is 10.8 Å². The van der Waals surface area contributed by atoms with E-state index in [1.54, 1.807) is 49.4 Å². The minimum absolute atomic E-state index is 0.170. The molecule has 8 nitrogen and oxygen atoms in total. The predicted octanol–water partition coefficient (Wildman–Crippen LogP) is 5.03. The van der Waals surface area contributed by atoms with Gasteiger partial charge in [0.15, 0.2) is 0 Å². The van der Waals surface area contributed by atoms with Gasteiger partial charge in [-0.3, -0.25) is 19.2 Å². The first-order valence-corrected chi connectivity index (χ1v) is 12.2. The Hall–Kier alpha value is -3.14. The summed E-state index contributed by atoms with van der Waals surface area (Å²) < 4.78 is 28.1. The number of benzene rings is 3. The van der Waals surface area contributed by atoms with Crippen LogP contribution < -0.4 is 9.62 Å². The standard InChI is InChI=1S/C23H21Cl2N3O5S/c1-15-3-10-21(16(2)11-15)27(14-23(29)26-13-17-4-6-18(24)7-5-17)34(32,33)19-8-9-20(25)22(12-19)28(30)31/h3-12H,13-14H2,1-2H3,(H,26,29). The van der Waals surface area contributed by atoms with Gasteiger partial charge in [-0.15, -0.1) is 0 Å². The van der Waals surface area contributed by atoms with Crippen LogP contribution in [0.4, 0.5) is 11.4 Å². The summed E-state index contributed by atoms with van der Waals surface area (Å²) in [5.41, 5.74) is 2.05. The maximum atomic E-state index is 13.6. The second kappa shape index (κ2) is 10.4. The summed E-state index contributed by atoms with van der Waals surface area (Å²) in [6.45, 7) is 3.22. The highest BCUT2D eigenvalue weighted by Crippen LogP contribution is 2.32. The lowest BCUT2D eigenvalue weighted by atomic mass is 10.1. The third kappa shape index (κ3) is 5.85. The van der Waals surface area contributed by atoms with Crippen LogP contribution in [0.5, 0.6) is 0 Å². The van der Waals surface area contributed by atoms with Crippen LogP contribution in [-0.2, 0) is 21.4 Å². The second-order valence-electron chi connectivity index (χ2n) is 7.58. The largest absolute Gasteiger partial charge is 0.350 e. The molecular weight excluding hydrogens is 501 g/mol. The van der Waals surface area contributed by atoms with E-state index in [1.807, 2.05) is 6.92 Å². The minimum Gasteiger partial charge on any atom is -0.350 e. The van der Waals surface area contributed by atoms with Crippen LogP contribution in [0.2, 0.25) is 10.0 Å². The molecule has 0 spiro atoms. The highest BCUT2D eigenvalue weighted by atomic mass is 35.5. The summed E-state index contributed by atoms with van der Waals surface area (Å²) in [5, 5.41) is 14.3. The Morgan fingerprint density at radius 2 is 1.71 bits per heavy atom. The predicted molar refractivity (Wildman–Crippen MR) is 132 cm³/mol. The normalized spacial score (nSPS) is 11.2. The summed E-state index contributed by atoms with van der Waals surface area (Å²) >= 11 is 11.7. The van der Waals surface area contributed by atoms with Crippen molar-refractivity contribution in [3.05, 3.63) is 97.5 Å². The van der Waals surface area contributed by atoms with E-state index < -0.39 is 33.1 Å². The number of nitrogens with one attached hydrogen (secondary N) is 1. The summed E-state index contributed by atoms with van der Waals surface area (Å²) in [4.78, 5) is 23.0. The Balaban J connectivity index is 1.96. The molecule has 3 aromatic rings. The summed E-state index contributed by atoms with van der Waals surface area (Å²) in [5.74, 6) is -0.554. The van der Waals surface area contributed by atoms with Crippen molar-refractivity contribution in [1.82, 2.24) is 5.32 Å². The van der Waals surface area contributed by atoms with Gasteiger partial charge in [-0.25, -0.2) is 8.42 Å². The number of amides is 1. The second-order valence-corrected chi connectivity index (χ2v) is 10.3. The zero-order valence-electron chi connectivity index (χ0n) is 18.3. The molecule has 34 heavy (non-hydrogen) atoms. The molecule has 0 aliphatic carbocycles. The third-order valence-corrected chi connectivity index (χ3v) is 7.34. The number of aryl methyl sites for hydroxylation is 2. The Morgan fingerprint density at radius 3 is 2.32 bits per heavy atom. The molecule has 0 aliphatic heterocycles. The van der Waals surface area contributed by atoms with Crippen LogP contribution in [0.15, 0.2) is 65.6 Å². The van der Waals surface area contributed by atoms with Gasteiger partial charge in [0.2, 0.25) is 5.91 Å². The molecule has 0 aliphatic rings. The molecule has 0 saturated heterocycles. The number of nitrogens with zero attached hydrogens (tertiary/aromatic N) is 2. The third-order valence-electron chi connectivity index (χ3n) is 5.01. The van der Waals surface area contributed by atoms with Crippen molar-refractivity contribution in [2.24, 2.45) is 0 Å². The van der Waals surface area contributed by atoms with Crippen molar-refractivity contribution in [2.45, 2.75) is 25.3 Å². The lowest BCUT2D eigenvalue weighted by molar-refractivity contribution is -0.384. The van der Waals surface area contributed by atoms with E-state index in [4.69, 9.17) is 23.2 Å². The molecule has 0 bridgehead atoms. The van der Waals surface area contributed by atoms with E-state index in [0.29, 0.717) is 10.6 Å². The quantitative estimate of drug-likeness (QED) is 0.330.